The van der Waals surface area contributed by atoms with Crippen molar-refractivity contribution in [3.05, 3.63) is 18.3 Å². The summed E-state index contributed by atoms with van der Waals surface area (Å²) in [7, 11) is 2.13. The van der Waals surface area contributed by atoms with E-state index in [1.807, 2.05) is 26.0 Å². The minimum atomic E-state index is -0.297. The largest absolute Gasteiger partial charge is 0.368 e. The third-order valence-corrected chi connectivity index (χ3v) is 5.02. The normalized spacial score (nSPS) is 21.9. The van der Waals surface area contributed by atoms with Gasteiger partial charge in [-0.05, 0) is 33.0 Å². The van der Waals surface area contributed by atoms with Crippen molar-refractivity contribution in [1.29, 1.82) is 0 Å². The molecule has 3 heterocycles. The summed E-state index contributed by atoms with van der Waals surface area (Å²) in [6, 6.07) is 3.96. The van der Waals surface area contributed by atoms with Crippen molar-refractivity contribution in [2.75, 3.05) is 50.0 Å². The van der Waals surface area contributed by atoms with Gasteiger partial charge in [-0.25, -0.2) is 4.98 Å². The van der Waals surface area contributed by atoms with Gasteiger partial charge in [-0.3, -0.25) is 9.59 Å². The molecule has 0 bridgehead atoms. The Morgan fingerprint density at radius 3 is 2.52 bits per heavy atom. The van der Waals surface area contributed by atoms with E-state index in [0.29, 0.717) is 12.4 Å². The molecule has 1 N–H and O–H groups in total. The van der Waals surface area contributed by atoms with Gasteiger partial charge in [0.05, 0.1) is 17.8 Å². The maximum Gasteiger partial charge on any atom is 0.230 e. The Labute approximate surface area is 149 Å². The van der Waals surface area contributed by atoms with Crippen molar-refractivity contribution in [2.45, 2.75) is 26.3 Å². The molecule has 2 amide bonds. The number of hydrogen-bond acceptors (Lipinski definition) is 5. The number of amides is 2. The zero-order valence-corrected chi connectivity index (χ0v) is 15.2. The van der Waals surface area contributed by atoms with Crippen LogP contribution in [0.25, 0.3) is 0 Å². The number of carbonyl (C=O) groups excluding carboxylic acids is 2. The fourth-order valence-electron chi connectivity index (χ4n) is 3.35. The van der Waals surface area contributed by atoms with Crippen molar-refractivity contribution in [1.82, 2.24) is 14.8 Å². The lowest BCUT2D eigenvalue weighted by Crippen LogP contribution is -2.44. The number of nitrogens with one attached hydrogen (secondary N) is 1. The van der Waals surface area contributed by atoms with Gasteiger partial charge in [0.1, 0.15) is 5.82 Å². The van der Waals surface area contributed by atoms with E-state index in [-0.39, 0.29) is 30.2 Å². The highest BCUT2D eigenvalue weighted by atomic mass is 16.2. The Balaban J connectivity index is 1.56. The van der Waals surface area contributed by atoms with Gasteiger partial charge < -0.3 is 20.0 Å². The van der Waals surface area contributed by atoms with Crippen LogP contribution in [0.2, 0.25) is 0 Å². The van der Waals surface area contributed by atoms with Gasteiger partial charge in [-0.15, -0.1) is 0 Å². The first-order chi connectivity index (χ1) is 11.9. The van der Waals surface area contributed by atoms with Crippen molar-refractivity contribution >= 4 is 23.3 Å². The molecule has 2 saturated heterocycles. The summed E-state index contributed by atoms with van der Waals surface area (Å²) >= 11 is 0. The molecular formula is C18H27N5O2. The molecular weight excluding hydrogens is 318 g/mol. The van der Waals surface area contributed by atoms with Gasteiger partial charge in [0.15, 0.2) is 0 Å². The highest BCUT2D eigenvalue weighted by Crippen LogP contribution is 2.22. The molecule has 7 nitrogen and oxygen atoms in total. The van der Waals surface area contributed by atoms with Crippen molar-refractivity contribution in [2.24, 2.45) is 5.92 Å². The van der Waals surface area contributed by atoms with E-state index in [9.17, 15) is 9.59 Å². The number of likely N-dealkylation sites (tertiary alicyclic amines) is 1. The molecule has 2 aliphatic rings. The molecule has 25 heavy (non-hydrogen) atoms. The molecule has 2 aliphatic heterocycles. The van der Waals surface area contributed by atoms with Crippen LogP contribution < -0.4 is 10.2 Å². The first kappa shape index (κ1) is 17.7. The van der Waals surface area contributed by atoms with Crippen LogP contribution in [-0.2, 0) is 9.59 Å². The number of anilines is 2. The summed E-state index contributed by atoms with van der Waals surface area (Å²) < 4.78 is 0. The molecule has 0 radical (unpaired) electrons. The number of hydrogen-bond donors (Lipinski definition) is 1. The van der Waals surface area contributed by atoms with E-state index in [1.54, 1.807) is 11.1 Å². The van der Waals surface area contributed by atoms with Crippen molar-refractivity contribution in [3.8, 4) is 0 Å². The average molecular weight is 345 g/mol. The Hall–Kier alpha value is -2.15. The van der Waals surface area contributed by atoms with Crippen molar-refractivity contribution in [3.63, 3.8) is 0 Å². The van der Waals surface area contributed by atoms with E-state index in [1.165, 1.54) is 0 Å². The molecule has 3 rings (SSSR count). The summed E-state index contributed by atoms with van der Waals surface area (Å²) in [6.07, 6.45) is 2.09. The Bertz CT molecular complexity index is 623. The van der Waals surface area contributed by atoms with Crippen molar-refractivity contribution < 1.29 is 9.59 Å². The SMILES string of the molecule is CC(C)N1CC(C(=O)Nc2ccc(N3CCN(C)CC3)cn2)CC1=O. The Kier molecular flexibility index (Phi) is 5.22. The Morgan fingerprint density at radius 2 is 1.96 bits per heavy atom. The molecule has 0 aromatic carbocycles. The zero-order valence-electron chi connectivity index (χ0n) is 15.2. The third kappa shape index (κ3) is 4.10. The van der Waals surface area contributed by atoms with Gasteiger partial charge in [0, 0.05) is 45.2 Å². The lowest BCUT2D eigenvalue weighted by molar-refractivity contribution is -0.129. The van der Waals surface area contributed by atoms with Crippen LogP contribution in [0.15, 0.2) is 18.3 Å². The molecule has 0 saturated carbocycles. The average Bonchev–Trinajstić information content (AvgIpc) is 2.99. The van der Waals surface area contributed by atoms with Gasteiger partial charge in [-0.2, -0.15) is 0 Å². The molecule has 0 spiro atoms. The molecule has 2 fully saturated rings. The predicted molar refractivity (Wildman–Crippen MR) is 97.5 cm³/mol. The van der Waals surface area contributed by atoms with E-state index >= 15 is 0 Å². The van der Waals surface area contributed by atoms with Crippen LogP contribution in [0, 0.1) is 5.92 Å². The number of rotatable bonds is 4. The molecule has 1 atom stereocenters. The molecule has 7 heteroatoms. The second kappa shape index (κ2) is 7.39. The molecule has 0 aliphatic carbocycles. The van der Waals surface area contributed by atoms with Gasteiger partial charge in [0.2, 0.25) is 11.8 Å². The summed E-state index contributed by atoms with van der Waals surface area (Å²) in [5, 5.41) is 2.85. The number of aromatic nitrogens is 1. The first-order valence-corrected chi connectivity index (χ1v) is 8.94. The lowest BCUT2D eigenvalue weighted by Gasteiger charge is -2.33. The minimum absolute atomic E-state index is 0.0496. The second-order valence-electron chi connectivity index (χ2n) is 7.22. The van der Waals surface area contributed by atoms with Crippen LogP contribution in [0.3, 0.4) is 0 Å². The van der Waals surface area contributed by atoms with Crippen LogP contribution in [0.4, 0.5) is 11.5 Å². The fourth-order valence-corrected chi connectivity index (χ4v) is 3.35. The number of pyridine rings is 1. The topological polar surface area (TPSA) is 68.8 Å². The summed E-state index contributed by atoms with van der Waals surface area (Å²) in [5.74, 6) is 0.164. The molecule has 136 valence electrons. The van der Waals surface area contributed by atoms with E-state index in [4.69, 9.17) is 0 Å². The van der Waals surface area contributed by atoms with Gasteiger partial charge >= 0.3 is 0 Å². The van der Waals surface area contributed by atoms with E-state index in [0.717, 1.165) is 31.9 Å². The number of likely N-dealkylation sites (N-methyl/N-ethyl adjacent to an activating group) is 1. The number of nitrogens with zero attached hydrogens (tertiary/aromatic N) is 4. The van der Waals surface area contributed by atoms with E-state index < -0.39 is 0 Å². The summed E-state index contributed by atoms with van der Waals surface area (Å²) in [5.41, 5.74) is 1.08. The van der Waals surface area contributed by atoms with Crippen LogP contribution in [-0.4, -0.2) is 72.4 Å². The number of carbonyl (C=O) groups is 2. The molecule has 1 aromatic heterocycles. The monoisotopic (exact) mass is 345 g/mol. The zero-order chi connectivity index (χ0) is 18.0. The Morgan fingerprint density at radius 1 is 1.24 bits per heavy atom. The van der Waals surface area contributed by atoms with Crippen LogP contribution in [0.1, 0.15) is 20.3 Å². The highest BCUT2D eigenvalue weighted by Gasteiger charge is 2.35. The minimum Gasteiger partial charge on any atom is -0.368 e. The predicted octanol–water partition coefficient (Wildman–Crippen LogP) is 1.03. The van der Waals surface area contributed by atoms with Crippen LogP contribution >= 0.6 is 0 Å². The van der Waals surface area contributed by atoms with E-state index in [2.05, 4.69) is 27.1 Å². The molecule has 1 unspecified atom stereocenters. The standard InChI is InChI=1S/C18H27N5O2/c1-13(2)23-12-14(10-17(23)24)18(25)20-16-5-4-15(11-19-16)22-8-6-21(3)7-9-22/h4-5,11,13-14H,6-10,12H2,1-3H3,(H,19,20,25). The second-order valence-corrected chi connectivity index (χ2v) is 7.22. The quantitative estimate of drug-likeness (QED) is 0.883. The lowest BCUT2D eigenvalue weighted by atomic mass is 10.1. The maximum absolute atomic E-state index is 12.4. The summed E-state index contributed by atoms with van der Waals surface area (Å²) in [6.45, 7) is 8.48. The fraction of sp³-hybridized carbons (Fsp3) is 0.611. The number of piperazine rings is 1. The van der Waals surface area contributed by atoms with Gasteiger partial charge in [0.25, 0.3) is 0 Å². The summed E-state index contributed by atoms with van der Waals surface area (Å²) in [4.78, 5) is 35.1. The van der Waals surface area contributed by atoms with Gasteiger partial charge in [-0.1, -0.05) is 0 Å². The highest BCUT2D eigenvalue weighted by molar-refractivity contribution is 5.96. The van der Waals surface area contributed by atoms with Crippen LogP contribution in [0.5, 0.6) is 0 Å². The smallest absolute Gasteiger partial charge is 0.230 e. The first-order valence-electron chi connectivity index (χ1n) is 8.94. The third-order valence-electron chi connectivity index (χ3n) is 5.02. The molecule has 1 aromatic rings. The maximum atomic E-state index is 12.4.